The van der Waals surface area contributed by atoms with Gasteiger partial charge in [-0.1, -0.05) is 23.8 Å². The van der Waals surface area contributed by atoms with Crippen molar-refractivity contribution in [1.29, 1.82) is 0 Å². The second kappa shape index (κ2) is 9.48. The Balaban J connectivity index is 1.92. The van der Waals surface area contributed by atoms with Gasteiger partial charge in [0.15, 0.2) is 0 Å². The zero-order valence-electron chi connectivity index (χ0n) is 17.7. The summed E-state index contributed by atoms with van der Waals surface area (Å²) in [6.07, 6.45) is 1.56. The molecule has 3 aromatic rings. The molecule has 0 saturated carbocycles. The molecular weight excluding hydrogens is 432 g/mol. The highest BCUT2D eigenvalue weighted by Crippen LogP contribution is 2.29. The fourth-order valence-corrected chi connectivity index (χ4v) is 4.19. The number of hydrogen-bond donors (Lipinski definition) is 2. The molecule has 0 aliphatic carbocycles. The molecule has 0 amide bonds. The van der Waals surface area contributed by atoms with Gasteiger partial charge < -0.3 is 4.74 Å². The van der Waals surface area contributed by atoms with Crippen molar-refractivity contribution < 1.29 is 18.1 Å². The molecule has 0 spiro atoms. The van der Waals surface area contributed by atoms with E-state index in [1.54, 1.807) is 18.3 Å². The van der Waals surface area contributed by atoms with Crippen LogP contribution in [0.3, 0.4) is 0 Å². The minimum atomic E-state index is -4.16. The van der Waals surface area contributed by atoms with E-state index in [1.807, 2.05) is 32.0 Å². The third-order valence-corrected chi connectivity index (χ3v) is 6.04. The molecule has 32 heavy (non-hydrogen) atoms. The molecule has 0 aliphatic heterocycles. The van der Waals surface area contributed by atoms with Crippen LogP contribution < -0.4 is 14.9 Å². The van der Waals surface area contributed by atoms with E-state index in [0.29, 0.717) is 5.75 Å². The van der Waals surface area contributed by atoms with Crippen molar-refractivity contribution in [2.75, 3.05) is 17.3 Å². The number of sulfonamides is 1. The van der Waals surface area contributed by atoms with E-state index in [0.717, 1.165) is 22.8 Å². The number of rotatable bonds is 8. The molecule has 0 atom stereocenters. The lowest BCUT2D eigenvalue weighted by Crippen LogP contribution is -2.15. The number of nitro groups is 1. The molecule has 0 unspecified atom stereocenters. The zero-order chi connectivity index (χ0) is 23.3. The molecule has 3 aromatic carbocycles. The van der Waals surface area contributed by atoms with Crippen molar-refractivity contribution in [2.24, 2.45) is 5.10 Å². The molecule has 0 saturated heterocycles. The third kappa shape index (κ3) is 5.41. The molecule has 9 nitrogen and oxygen atoms in total. The first-order chi connectivity index (χ1) is 15.2. The van der Waals surface area contributed by atoms with Gasteiger partial charge in [-0.2, -0.15) is 5.10 Å². The highest BCUT2D eigenvalue weighted by atomic mass is 32.2. The molecule has 0 aliphatic rings. The van der Waals surface area contributed by atoms with E-state index in [2.05, 4.69) is 15.2 Å². The summed E-state index contributed by atoms with van der Waals surface area (Å²) in [6, 6.07) is 15.6. The number of anilines is 2. The van der Waals surface area contributed by atoms with Crippen LogP contribution in [0.15, 0.2) is 70.7 Å². The van der Waals surface area contributed by atoms with E-state index >= 15 is 0 Å². The van der Waals surface area contributed by atoms with Crippen LogP contribution >= 0.6 is 0 Å². The Labute approximate surface area is 185 Å². The molecule has 166 valence electrons. The second-order valence-electron chi connectivity index (χ2n) is 7.00. The summed E-state index contributed by atoms with van der Waals surface area (Å²) in [7, 11) is -2.66. The summed E-state index contributed by atoms with van der Waals surface area (Å²) in [5.74, 6) is 0.561. The fourth-order valence-electron chi connectivity index (χ4n) is 2.95. The number of hydrazone groups is 1. The average molecular weight is 455 g/mol. The van der Waals surface area contributed by atoms with E-state index in [-0.39, 0.29) is 22.0 Å². The van der Waals surface area contributed by atoms with Crippen molar-refractivity contribution in [1.82, 2.24) is 0 Å². The summed E-state index contributed by atoms with van der Waals surface area (Å²) in [4.78, 5) is 10.2. The quantitative estimate of drug-likeness (QED) is 0.294. The SMILES string of the molecule is COc1ccc(NS(=O)(=O)c2cc([N+](=O)[O-])ccc2NN=Cc2ccc(C)cc2C)cc1. The van der Waals surface area contributed by atoms with Crippen molar-refractivity contribution in [3.63, 3.8) is 0 Å². The van der Waals surface area contributed by atoms with Crippen LogP contribution in [-0.2, 0) is 10.0 Å². The smallest absolute Gasteiger partial charge is 0.270 e. The predicted octanol–water partition coefficient (Wildman–Crippen LogP) is 4.47. The van der Waals surface area contributed by atoms with Crippen molar-refractivity contribution in [3.05, 3.63) is 87.5 Å². The van der Waals surface area contributed by atoms with Crippen LogP contribution in [-0.4, -0.2) is 26.7 Å². The monoisotopic (exact) mass is 454 g/mol. The predicted molar refractivity (Wildman–Crippen MR) is 124 cm³/mol. The second-order valence-corrected chi connectivity index (χ2v) is 8.65. The third-order valence-electron chi connectivity index (χ3n) is 4.62. The lowest BCUT2D eigenvalue weighted by atomic mass is 10.1. The maximum atomic E-state index is 13.0. The Kier molecular flexibility index (Phi) is 6.74. The van der Waals surface area contributed by atoms with Gasteiger partial charge in [0.1, 0.15) is 10.6 Å². The summed E-state index contributed by atoms with van der Waals surface area (Å²) < 4.78 is 33.5. The number of nitro benzene ring substituents is 1. The molecule has 0 aromatic heterocycles. The topological polar surface area (TPSA) is 123 Å². The molecule has 0 heterocycles. The molecule has 3 rings (SSSR count). The average Bonchev–Trinajstić information content (AvgIpc) is 2.75. The summed E-state index contributed by atoms with van der Waals surface area (Å²) in [5.41, 5.74) is 5.68. The van der Waals surface area contributed by atoms with Crippen LogP contribution in [0, 0.1) is 24.0 Å². The molecule has 0 fully saturated rings. The summed E-state index contributed by atoms with van der Waals surface area (Å²) >= 11 is 0. The van der Waals surface area contributed by atoms with Gasteiger partial charge in [0.05, 0.1) is 23.9 Å². The Hall–Kier alpha value is -3.92. The number of non-ortho nitro benzene ring substituents is 1. The van der Waals surface area contributed by atoms with Crippen molar-refractivity contribution in [3.8, 4) is 5.75 Å². The number of methoxy groups -OCH3 is 1. The lowest BCUT2D eigenvalue weighted by molar-refractivity contribution is -0.385. The van der Waals surface area contributed by atoms with Crippen LogP contribution in [0.2, 0.25) is 0 Å². The van der Waals surface area contributed by atoms with Gasteiger partial charge in [0.25, 0.3) is 15.7 Å². The normalized spacial score (nSPS) is 11.3. The summed E-state index contributed by atoms with van der Waals surface area (Å²) in [6.45, 7) is 3.92. The van der Waals surface area contributed by atoms with Gasteiger partial charge in [0, 0.05) is 17.8 Å². The molecule has 0 bridgehead atoms. The van der Waals surface area contributed by atoms with E-state index < -0.39 is 14.9 Å². The van der Waals surface area contributed by atoms with Gasteiger partial charge in [0.2, 0.25) is 0 Å². The van der Waals surface area contributed by atoms with E-state index in [4.69, 9.17) is 4.74 Å². The van der Waals surface area contributed by atoms with Crippen molar-refractivity contribution in [2.45, 2.75) is 18.7 Å². The first kappa shape index (κ1) is 22.8. The largest absolute Gasteiger partial charge is 0.497 e. The van der Waals surface area contributed by atoms with Gasteiger partial charge in [-0.15, -0.1) is 0 Å². The van der Waals surface area contributed by atoms with Gasteiger partial charge in [-0.25, -0.2) is 8.42 Å². The number of aryl methyl sites for hydroxylation is 2. The van der Waals surface area contributed by atoms with E-state index in [1.165, 1.54) is 31.4 Å². The molecule has 0 radical (unpaired) electrons. The summed E-state index contributed by atoms with van der Waals surface area (Å²) in [5, 5.41) is 15.3. The Morgan fingerprint density at radius 1 is 1.03 bits per heavy atom. The highest BCUT2D eigenvalue weighted by molar-refractivity contribution is 7.92. The maximum Gasteiger partial charge on any atom is 0.270 e. The Morgan fingerprint density at radius 2 is 1.75 bits per heavy atom. The first-order valence-electron chi connectivity index (χ1n) is 9.51. The Bertz CT molecular complexity index is 1270. The number of hydrogen-bond acceptors (Lipinski definition) is 7. The number of nitrogens with zero attached hydrogens (tertiary/aromatic N) is 2. The molecule has 10 heteroatoms. The van der Waals surface area contributed by atoms with Gasteiger partial charge in [-0.3, -0.25) is 20.3 Å². The van der Waals surface area contributed by atoms with Crippen LogP contribution in [0.1, 0.15) is 16.7 Å². The van der Waals surface area contributed by atoms with Crippen molar-refractivity contribution >= 4 is 33.3 Å². The van der Waals surface area contributed by atoms with Gasteiger partial charge in [-0.05, 0) is 55.3 Å². The van der Waals surface area contributed by atoms with Crippen LogP contribution in [0.4, 0.5) is 17.1 Å². The molecule has 2 N–H and O–H groups in total. The maximum absolute atomic E-state index is 13.0. The standard InChI is InChI=1S/C22H22N4O5S/c1-15-4-5-17(16(2)12-15)14-23-24-21-11-8-19(26(27)28)13-22(21)32(29,30)25-18-6-9-20(31-3)10-7-18/h4-14,24-25H,1-3H3. The minimum absolute atomic E-state index is 0.0950. The van der Waals surface area contributed by atoms with Crippen LogP contribution in [0.25, 0.3) is 0 Å². The zero-order valence-corrected chi connectivity index (χ0v) is 18.5. The minimum Gasteiger partial charge on any atom is -0.497 e. The number of nitrogens with one attached hydrogen (secondary N) is 2. The lowest BCUT2D eigenvalue weighted by Gasteiger charge is -2.12. The van der Waals surface area contributed by atoms with Crippen LogP contribution in [0.5, 0.6) is 5.75 Å². The fraction of sp³-hybridized carbons (Fsp3) is 0.136. The first-order valence-corrected chi connectivity index (χ1v) is 11.0. The number of ether oxygens (including phenoxy) is 1. The van der Waals surface area contributed by atoms with E-state index in [9.17, 15) is 18.5 Å². The highest BCUT2D eigenvalue weighted by Gasteiger charge is 2.22. The number of benzene rings is 3. The van der Waals surface area contributed by atoms with Gasteiger partial charge >= 0.3 is 0 Å². The molecular formula is C22H22N4O5S. The Morgan fingerprint density at radius 3 is 2.38 bits per heavy atom.